The van der Waals surface area contributed by atoms with Crippen molar-refractivity contribution < 1.29 is 35.5 Å². The maximum atomic E-state index is 13.7. The van der Waals surface area contributed by atoms with Crippen molar-refractivity contribution in [2.45, 2.75) is 44.6 Å². The second-order valence-electron chi connectivity index (χ2n) is 10.4. The molecule has 3 aromatic rings. The summed E-state index contributed by atoms with van der Waals surface area (Å²) in [6.45, 7) is 5.76. The van der Waals surface area contributed by atoms with Crippen LogP contribution in [0, 0.1) is 5.82 Å². The first-order valence-electron chi connectivity index (χ1n) is 13.0. The molecule has 3 heterocycles. The van der Waals surface area contributed by atoms with Crippen LogP contribution < -0.4 is 15.5 Å². The van der Waals surface area contributed by atoms with E-state index in [1.807, 2.05) is 9.80 Å². The zero-order chi connectivity index (χ0) is 30.7. The van der Waals surface area contributed by atoms with Crippen LogP contribution in [0.25, 0.3) is 0 Å². The van der Waals surface area contributed by atoms with Gasteiger partial charge in [0, 0.05) is 50.3 Å². The average molecular weight is 619 g/mol. The molecular formula is C27H29F7N6OS. The van der Waals surface area contributed by atoms with Crippen molar-refractivity contribution in [3.63, 3.8) is 0 Å². The molecule has 7 nitrogen and oxygen atoms in total. The van der Waals surface area contributed by atoms with E-state index in [1.54, 1.807) is 13.8 Å². The fourth-order valence-electron chi connectivity index (χ4n) is 4.28. The molecule has 0 spiro atoms. The zero-order valence-corrected chi connectivity index (χ0v) is 23.6. The van der Waals surface area contributed by atoms with Crippen molar-refractivity contribution in [3.8, 4) is 0 Å². The largest absolute Gasteiger partial charge is 0.434 e. The molecule has 0 unspecified atom stereocenters. The van der Waals surface area contributed by atoms with Gasteiger partial charge in [-0.05, 0) is 50.1 Å². The number of halogens is 7. The highest BCUT2D eigenvalue weighted by atomic mass is 32.1. The first-order valence-corrected chi connectivity index (χ1v) is 13.8. The average Bonchev–Trinajstić information content (AvgIpc) is 3.16. The number of carbonyl (C=O) groups excluding carboxylic acids is 1. The number of nitrogens with zero attached hydrogens (tertiary/aromatic N) is 4. The van der Waals surface area contributed by atoms with E-state index in [0.29, 0.717) is 55.3 Å². The van der Waals surface area contributed by atoms with Gasteiger partial charge in [-0.1, -0.05) is 12.1 Å². The van der Waals surface area contributed by atoms with Crippen LogP contribution in [0.1, 0.15) is 42.0 Å². The molecule has 0 saturated carbocycles. The predicted octanol–water partition coefficient (Wildman–Crippen LogP) is 5.78. The molecule has 228 valence electrons. The van der Waals surface area contributed by atoms with Crippen LogP contribution in [0.5, 0.6) is 0 Å². The van der Waals surface area contributed by atoms with Crippen LogP contribution in [0.2, 0.25) is 0 Å². The van der Waals surface area contributed by atoms with Gasteiger partial charge in [-0.25, -0.2) is 14.4 Å². The summed E-state index contributed by atoms with van der Waals surface area (Å²) in [7, 11) is 0. The van der Waals surface area contributed by atoms with Gasteiger partial charge in [0.15, 0.2) is 10.8 Å². The topological polar surface area (TPSA) is 73.4 Å². The number of anilines is 2. The van der Waals surface area contributed by atoms with Gasteiger partial charge in [0.25, 0.3) is 0 Å². The number of nitrogens with one attached hydrogen (secondary N) is 2. The van der Waals surface area contributed by atoms with E-state index in [9.17, 15) is 35.5 Å². The Morgan fingerprint density at radius 2 is 1.67 bits per heavy atom. The van der Waals surface area contributed by atoms with Crippen LogP contribution in [0.4, 0.5) is 41.7 Å². The van der Waals surface area contributed by atoms with Gasteiger partial charge in [-0.2, -0.15) is 26.3 Å². The summed E-state index contributed by atoms with van der Waals surface area (Å²) >= 11 is 0.710. The summed E-state index contributed by atoms with van der Waals surface area (Å²) in [6, 6.07) is 7.45. The first-order chi connectivity index (χ1) is 19.6. The van der Waals surface area contributed by atoms with E-state index < -0.39 is 40.9 Å². The van der Waals surface area contributed by atoms with Crippen molar-refractivity contribution in [1.82, 2.24) is 20.2 Å². The lowest BCUT2D eigenvalue weighted by atomic mass is 10.1. The lowest BCUT2D eigenvalue weighted by molar-refractivity contribution is -0.141. The lowest BCUT2D eigenvalue weighted by Crippen LogP contribution is -2.53. The fourth-order valence-corrected chi connectivity index (χ4v) is 5.29. The number of pyridine rings is 1. The molecule has 1 amide bonds. The molecule has 0 atom stereocenters. The second-order valence-corrected chi connectivity index (χ2v) is 11.5. The number of hydrogen-bond donors (Lipinski definition) is 2. The second kappa shape index (κ2) is 12.5. The highest BCUT2D eigenvalue weighted by Gasteiger charge is 2.38. The quantitative estimate of drug-likeness (QED) is 0.312. The third-order valence-corrected chi connectivity index (χ3v) is 7.74. The summed E-state index contributed by atoms with van der Waals surface area (Å²) in [6.07, 6.45) is -7.81. The Hall–Kier alpha value is -3.30. The predicted molar refractivity (Wildman–Crippen MR) is 145 cm³/mol. The maximum absolute atomic E-state index is 13.7. The Bertz CT molecular complexity index is 1360. The Kier molecular flexibility index (Phi) is 9.42. The standard InChI is InChI=1S/C27H29F7N6OS/c1-25(2,36-16-39-10-3-11-40(13-12-39)21-9-6-18(15-35-21)26(29,30)31)23(41)38-24-37-22(27(32,33)34)20(42-24)14-17-4-7-19(28)8-5-17/h4-9,15,36H,3,10-14,16H2,1-2H3,(H,37,38,41). The molecule has 2 aromatic heterocycles. The minimum atomic E-state index is -4.74. The summed E-state index contributed by atoms with van der Waals surface area (Å²) in [5.74, 6) is -0.642. The number of thiazole rings is 1. The number of amides is 1. The third-order valence-electron chi connectivity index (χ3n) is 6.76. The van der Waals surface area contributed by atoms with E-state index >= 15 is 0 Å². The number of alkyl halides is 6. The van der Waals surface area contributed by atoms with Gasteiger partial charge < -0.3 is 10.2 Å². The van der Waals surface area contributed by atoms with Gasteiger partial charge >= 0.3 is 12.4 Å². The fraction of sp³-hybridized carbons (Fsp3) is 0.444. The zero-order valence-electron chi connectivity index (χ0n) is 22.7. The van der Waals surface area contributed by atoms with Crippen molar-refractivity contribution >= 4 is 28.2 Å². The van der Waals surface area contributed by atoms with Crippen LogP contribution in [-0.4, -0.2) is 59.2 Å². The molecule has 0 bridgehead atoms. The lowest BCUT2D eigenvalue weighted by Gasteiger charge is -2.29. The number of rotatable bonds is 8. The number of carbonyl (C=O) groups is 1. The molecule has 1 fully saturated rings. The maximum Gasteiger partial charge on any atom is 0.434 e. The third kappa shape index (κ3) is 8.16. The van der Waals surface area contributed by atoms with Crippen LogP contribution >= 0.6 is 11.3 Å². The summed E-state index contributed by atoms with van der Waals surface area (Å²) in [5.41, 5.74) is -2.63. The van der Waals surface area contributed by atoms with Crippen molar-refractivity contribution in [2.24, 2.45) is 0 Å². The number of aromatic nitrogens is 2. The minimum Gasteiger partial charge on any atom is -0.355 e. The molecule has 1 aromatic carbocycles. The SMILES string of the molecule is CC(C)(NCN1CCCN(c2ccc(C(F)(F)F)cn2)CC1)C(=O)Nc1nc(C(F)(F)F)c(Cc2ccc(F)cc2)s1. The van der Waals surface area contributed by atoms with Crippen molar-refractivity contribution in [2.75, 3.05) is 43.1 Å². The Morgan fingerprint density at radius 1 is 0.952 bits per heavy atom. The van der Waals surface area contributed by atoms with Crippen LogP contribution in [0.3, 0.4) is 0 Å². The van der Waals surface area contributed by atoms with E-state index in [2.05, 4.69) is 20.6 Å². The van der Waals surface area contributed by atoms with E-state index in [0.717, 1.165) is 24.4 Å². The van der Waals surface area contributed by atoms with Gasteiger partial charge in [0.1, 0.15) is 11.6 Å². The van der Waals surface area contributed by atoms with Gasteiger partial charge in [-0.15, -0.1) is 11.3 Å². The van der Waals surface area contributed by atoms with E-state index in [1.165, 1.54) is 18.2 Å². The number of benzene rings is 1. The van der Waals surface area contributed by atoms with E-state index in [-0.39, 0.29) is 23.1 Å². The van der Waals surface area contributed by atoms with Gasteiger partial charge in [-0.3, -0.25) is 15.0 Å². The molecule has 42 heavy (non-hydrogen) atoms. The van der Waals surface area contributed by atoms with Crippen molar-refractivity contribution in [1.29, 1.82) is 0 Å². The molecule has 0 radical (unpaired) electrons. The van der Waals surface area contributed by atoms with Crippen molar-refractivity contribution in [3.05, 3.63) is 70.1 Å². The summed E-state index contributed by atoms with van der Waals surface area (Å²) < 4.78 is 92.7. The Balaban J connectivity index is 1.34. The molecule has 4 rings (SSSR count). The van der Waals surface area contributed by atoms with Gasteiger partial charge in [0.05, 0.1) is 11.1 Å². The Labute approximate surface area is 241 Å². The monoisotopic (exact) mass is 618 g/mol. The molecular weight excluding hydrogens is 589 g/mol. The molecule has 2 N–H and O–H groups in total. The Morgan fingerprint density at radius 3 is 2.29 bits per heavy atom. The number of hydrogen-bond acceptors (Lipinski definition) is 7. The highest BCUT2D eigenvalue weighted by molar-refractivity contribution is 7.15. The normalized spacial score (nSPS) is 15.5. The summed E-state index contributed by atoms with van der Waals surface area (Å²) in [5, 5.41) is 5.41. The van der Waals surface area contributed by atoms with E-state index in [4.69, 9.17) is 0 Å². The molecule has 0 aliphatic carbocycles. The van der Waals surface area contributed by atoms with Crippen LogP contribution in [0.15, 0.2) is 42.6 Å². The minimum absolute atomic E-state index is 0.105. The summed E-state index contributed by atoms with van der Waals surface area (Å²) in [4.78, 5) is 24.5. The van der Waals surface area contributed by atoms with Crippen LogP contribution in [-0.2, 0) is 23.6 Å². The molecule has 1 aliphatic heterocycles. The molecule has 15 heteroatoms. The smallest absolute Gasteiger partial charge is 0.355 e. The molecule has 1 aliphatic rings. The first kappa shape index (κ1) is 31.6. The molecule has 1 saturated heterocycles. The highest BCUT2D eigenvalue weighted by Crippen LogP contribution is 2.37. The van der Waals surface area contributed by atoms with Gasteiger partial charge in [0.2, 0.25) is 5.91 Å².